The molecule has 8 aromatic rings. The van der Waals surface area contributed by atoms with Crippen LogP contribution in [0.25, 0.3) is 44.6 Å². The van der Waals surface area contributed by atoms with E-state index in [0.717, 1.165) is 62.0 Å². The van der Waals surface area contributed by atoms with Crippen LogP contribution in [-0.2, 0) is 39.9 Å². The van der Waals surface area contributed by atoms with Crippen LogP contribution in [-0.4, -0.2) is 118 Å². The largest absolute Gasteiger partial charge is 0.444 e. The maximum Gasteiger partial charge on any atom is 0.408 e. The molecule has 0 saturated carbocycles. The average Bonchev–Trinajstić information content (AvgIpc) is 2.11. The van der Waals surface area contributed by atoms with E-state index in [2.05, 4.69) is 95.7 Å². The SMILES string of the molecule is Cc1nc2c(F)cc(-c3nc(Nc4ccc5c(n4)CCN(C(=O)CNC(=O)OC(C)(C)C)C5)ncc3F)cc2n1C(C)C.Cc1nc2c(F)cc(-c3nc(Nc4ccc5c(n4)CCN(CCO[Si](C)(C)C(C)(C)C)C5)ncc3F)cc2n1C(C)C. The first-order valence-corrected chi connectivity index (χ1v) is 31.5. The molecule has 2 aliphatic rings. The number of alkyl carbamates (subject to hydrolysis) is 1. The molecule has 0 aliphatic carbocycles. The first-order chi connectivity index (χ1) is 40.0. The molecule has 2 aliphatic heterocycles. The molecule has 450 valence electrons. The predicted octanol–water partition coefficient (Wildman–Crippen LogP) is 12.4. The Balaban J connectivity index is 0.000000204. The monoisotopic (exact) mass is 1190 g/mol. The lowest BCUT2D eigenvalue weighted by molar-refractivity contribution is -0.131. The van der Waals surface area contributed by atoms with Crippen molar-refractivity contribution in [2.24, 2.45) is 0 Å². The molecule has 85 heavy (non-hydrogen) atoms. The van der Waals surface area contributed by atoms with E-state index >= 15 is 8.78 Å². The lowest BCUT2D eigenvalue weighted by atomic mass is 10.1. The van der Waals surface area contributed by atoms with Crippen molar-refractivity contribution in [3.63, 3.8) is 0 Å². The number of nitrogens with one attached hydrogen (secondary N) is 3. The van der Waals surface area contributed by atoms with E-state index in [9.17, 15) is 18.4 Å². The third-order valence-corrected chi connectivity index (χ3v) is 19.9. The molecule has 0 atom stereocenters. The first kappa shape index (κ1) is 61.6. The van der Waals surface area contributed by atoms with Crippen molar-refractivity contribution in [2.45, 2.75) is 145 Å². The highest BCUT2D eigenvalue weighted by atomic mass is 28.4. The van der Waals surface area contributed by atoms with Crippen LogP contribution >= 0.6 is 0 Å². The van der Waals surface area contributed by atoms with Gasteiger partial charge in [0.15, 0.2) is 31.6 Å². The van der Waals surface area contributed by atoms with Crippen LogP contribution in [0.3, 0.4) is 0 Å². The summed E-state index contributed by atoms with van der Waals surface area (Å²) in [6.07, 6.45) is 2.80. The number of hydrogen-bond acceptors (Lipinski definition) is 15. The maximum atomic E-state index is 15.0. The summed E-state index contributed by atoms with van der Waals surface area (Å²) in [6.45, 7) is 32.1. The number of fused-ring (bicyclic) bond motifs is 4. The molecule has 0 saturated heterocycles. The van der Waals surface area contributed by atoms with Gasteiger partial charge in [-0.2, -0.15) is 0 Å². The number of ether oxygens (including phenoxy) is 1. The van der Waals surface area contributed by atoms with Crippen LogP contribution in [0, 0.1) is 37.1 Å². The van der Waals surface area contributed by atoms with Gasteiger partial charge >= 0.3 is 6.09 Å². The summed E-state index contributed by atoms with van der Waals surface area (Å²) in [5, 5.41) is 8.81. The van der Waals surface area contributed by atoms with E-state index in [0.29, 0.717) is 59.4 Å². The van der Waals surface area contributed by atoms with Crippen LogP contribution < -0.4 is 16.0 Å². The third kappa shape index (κ3) is 14.1. The molecule has 3 N–H and O–H groups in total. The molecule has 2 amide bonds. The van der Waals surface area contributed by atoms with E-state index < -0.39 is 43.3 Å². The Labute approximate surface area is 493 Å². The number of nitrogens with zero attached hydrogens (tertiary/aromatic N) is 12. The van der Waals surface area contributed by atoms with Crippen LogP contribution in [0.15, 0.2) is 60.9 Å². The van der Waals surface area contributed by atoms with Crippen LogP contribution in [0.2, 0.25) is 18.1 Å². The van der Waals surface area contributed by atoms with E-state index in [1.165, 1.54) is 17.7 Å². The maximum absolute atomic E-state index is 15.0. The number of imidazole rings is 2. The molecule has 10 rings (SSSR count). The Kier molecular flexibility index (Phi) is 17.8. The number of anilines is 4. The number of carbonyl (C=O) groups is 2. The zero-order chi connectivity index (χ0) is 61.4. The fraction of sp³-hybridized carbons (Fsp3) is 0.443. The molecular formula is C61H75F4N15O4Si. The standard InChI is InChI=1S/C31H41F2N7OSi.C30H34F2N8O3/c1-19(2)40-20(3)35-29-23(32)15-22(16-26(29)40)28-24(33)17-34-30(38-28)37-27-10-9-21-18-39(12-11-25(21)36-27)13-14-41-42(7,8)31(4,5)6;1-16(2)40-17(3)35-27-20(31)11-19(12-23(27)40)26-21(32)13-33-28(38-26)37-24-8-7-18-15-39(10-9-22(18)36-24)25(41)14-34-29(42)43-30(4,5)6/h9-10,15-17,19H,11-14,18H2,1-8H3,(H,34,36,37,38);7-8,11-13,16H,9-10,14-15H2,1-6H3,(H,34,42)(H,33,36,37,38). The third-order valence-electron chi connectivity index (χ3n) is 15.4. The van der Waals surface area contributed by atoms with Crippen molar-refractivity contribution in [1.29, 1.82) is 0 Å². The Bertz CT molecular complexity index is 3820. The fourth-order valence-electron chi connectivity index (χ4n) is 10.3. The normalized spacial score (nSPS) is 13.9. The minimum atomic E-state index is -1.76. The second kappa shape index (κ2) is 24.6. The van der Waals surface area contributed by atoms with Crippen LogP contribution in [0.1, 0.15) is 115 Å². The van der Waals surface area contributed by atoms with Gasteiger partial charge in [0.1, 0.15) is 57.9 Å². The zero-order valence-corrected chi connectivity index (χ0v) is 51.8. The fourth-order valence-corrected chi connectivity index (χ4v) is 11.3. The predicted molar refractivity (Wildman–Crippen MR) is 322 cm³/mol. The highest BCUT2D eigenvalue weighted by molar-refractivity contribution is 6.74. The van der Waals surface area contributed by atoms with Gasteiger partial charge in [0.25, 0.3) is 0 Å². The van der Waals surface area contributed by atoms with Crippen LogP contribution in [0.5, 0.6) is 0 Å². The second-order valence-corrected chi connectivity index (χ2v) is 29.4. The summed E-state index contributed by atoms with van der Waals surface area (Å²) in [4.78, 5) is 63.7. The van der Waals surface area contributed by atoms with Crippen molar-refractivity contribution in [1.82, 2.24) is 64.1 Å². The lowest BCUT2D eigenvalue weighted by Gasteiger charge is -2.37. The van der Waals surface area contributed by atoms with E-state index in [-0.39, 0.29) is 69.5 Å². The van der Waals surface area contributed by atoms with Gasteiger partial charge in [0.2, 0.25) is 17.8 Å². The number of amides is 2. The number of hydrogen-bond donors (Lipinski definition) is 3. The zero-order valence-electron chi connectivity index (χ0n) is 50.8. The van der Waals surface area contributed by atoms with Gasteiger partial charge in [-0.25, -0.2) is 62.2 Å². The van der Waals surface area contributed by atoms with Gasteiger partial charge in [0, 0.05) is 86.8 Å². The van der Waals surface area contributed by atoms with Crippen LogP contribution in [0.4, 0.5) is 45.9 Å². The molecule has 0 radical (unpaired) electrons. The van der Waals surface area contributed by atoms with Gasteiger partial charge in [-0.1, -0.05) is 32.9 Å². The Morgan fingerprint density at radius 1 is 0.647 bits per heavy atom. The number of pyridine rings is 2. The quantitative estimate of drug-likeness (QED) is 0.0683. The molecule has 0 fully saturated rings. The summed E-state index contributed by atoms with van der Waals surface area (Å²) in [7, 11) is -1.76. The second-order valence-electron chi connectivity index (χ2n) is 24.6. The lowest BCUT2D eigenvalue weighted by Crippen LogP contribution is -2.43. The number of aromatic nitrogens is 10. The summed E-state index contributed by atoms with van der Waals surface area (Å²) >= 11 is 0. The molecule has 6 aromatic heterocycles. The molecule has 2 aromatic carbocycles. The Morgan fingerprint density at radius 2 is 1.13 bits per heavy atom. The number of rotatable bonds is 14. The molecular weight excluding hydrogens is 1110 g/mol. The Hall–Kier alpha value is -7.96. The number of halogens is 4. The summed E-state index contributed by atoms with van der Waals surface area (Å²) < 4.78 is 75.3. The number of benzene rings is 2. The highest BCUT2D eigenvalue weighted by Gasteiger charge is 2.37. The molecule has 0 spiro atoms. The van der Waals surface area contributed by atoms with Crippen molar-refractivity contribution in [3.05, 3.63) is 118 Å². The van der Waals surface area contributed by atoms with Gasteiger partial charge in [0.05, 0.1) is 23.4 Å². The summed E-state index contributed by atoms with van der Waals surface area (Å²) in [5.41, 5.74) is 5.38. The summed E-state index contributed by atoms with van der Waals surface area (Å²) in [6, 6.07) is 13.5. The smallest absolute Gasteiger partial charge is 0.408 e. The van der Waals surface area contributed by atoms with Crippen molar-refractivity contribution >= 4 is 65.9 Å². The Morgan fingerprint density at radius 3 is 1.60 bits per heavy atom. The topological polar surface area (TPSA) is 208 Å². The molecule has 0 unspecified atom stereocenters. The van der Waals surface area contributed by atoms with Gasteiger partial charge < -0.3 is 39.1 Å². The van der Waals surface area contributed by atoms with E-state index in [1.807, 2.05) is 55.9 Å². The minimum Gasteiger partial charge on any atom is -0.444 e. The van der Waals surface area contributed by atoms with Gasteiger partial charge in [-0.05, 0) is 128 Å². The molecule has 8 heterocycles. The number of carbonyl (C=O) groups excluding carboxylic acids is 2. The van der Waals surface area contributed by atoms with Crippen molar-refractivity contribution in [2.75, 3.05) is 43.4 Å². The van der Waals surface area contributed by atoms with E-state index in [1.54, 1.807) is 50.8 Å². The molecule has 0 bridgehead atoms. The molecule has 19 nitrogen and oxygen atoms in total. The van der Waals surface area contributed by atoms with Gasteiger partial charge in [-0.15, -0.1) is 0 Å². The van der Waals surface area contributed by atoms with Crippen molar-refractivity contribution < 1.29 is 36.3 Å². The van der Waals surface area contributed by atoms with Gasteiger partial charge in [-0.3, -0.25) is 9.69 Å². The first-order valence-electron chi connectivity index (χ1n) is 28.6. The van der Waals surface area contributed by atoms with E-state index in [4.69, 9.17) is 14.1 Å². The molecule has 24 heteroatoms. The average molecular weight is 1190 g/mol. The minimum absolute atomic E-state index is 0.0102. The summed E-state index contributed by atoms with van der Waals surface area (Å²) in [5.74, 6) is 0.0239. The number of aryl methyl sites for hydroxylation is 2. The highest BCUT2D eigenvalue weighted by Crippen LogP contribution is 2.37. The van der Waals surface area contributed by atoms with Crippen molar-refractivity contribution in [3.8, 4) is 22.5 Å².